The minimum atomic E-state index is -4.41. The van der Waals surface area contributed by atoms with Crippen LogP contribution < -0.4 is 4.31 Å². The van der Waals surface area contributed by atoms with Gasteiger partial charge in [0.15, 0.2) is 0 Å². The van der Waals surface area contributed by atoms with Gasteiger partial charge in [0.2, 0.25) is 0 Å². The van der Waals surface area contributed by atoms with Crippen LogP contribution in [0.1, 0.15) is 37.4 Å². The number of oxime groups is 1. The Hall–Kier alpha value is -3.04. The zero-order valence-electron chi connectivity index (χ0n) is 18.3. The molecule has 3 aromatic carbocycles. The van der Waals surface area contributed by atoms with Crippen LogP contribution in [0.25, 0.3) is 0 Å². The number of halogens is 4. The van der Waals surface area contributed by atoms with Crippen LogP contribution in [0.4, 0.5) is 18.9 Å². The second-order valence-electron chi connectivity index (χ2n) is 7.70. The van der Waals surface area contributed by atoms with Crippen LogP contribution in [-0.4, -0.2) is 19.3 Å². The van der Waals surface area contributed by atoms with E-state index in [9.17, 15) is 21.6 Å². The molecule has 0 radical (unpaired) electrons. The smallest absolute Gasteiger partial charge is 0.264 e. The van der Waals surface area contributed by atoms with Gasteiger partial charge in [-0.25, -0.2) is 21.6 Å². The topological polar surface area (TPSA) is 70.0 Å². The SMILES string of the molecule is C/C(CCc1cc(F)ccc1[C@@H](C)N(c1cc(F)ccc1F)S(=O)(=O)c1ccc(Cl)cc1)=N\O. The van der Waals surface area contributed by atoms with Crippen LogP contribution in [0.15, 0.2) is 70.7 Å². The molecule has 0 saturated heterocycles. The molecule has 0 unspecified atom stereocenters. The molecule has 1 atom stereocenters. The average molecular weight is 511 g/mol. The highest BCUT2D eigenvalue weighted by Gasteiger charge is 2.33. The Labute approximate surface area is 201 Å². The summed E-state index contributed by atoms with van der Waals surface area (Å²) in [7, 11) is -4.41. The summed E-state index contributed by atoms with van der Waals surface area (Å²) in [6.07, 6.45) is 0.506. The molecule has 0 aromatic heterocycles. The monoisotopic (exact) mass is 510 g/mol. The van der Waals surface area contributed by atoms with E-state index in [2.05, 4.69) is 5.16 Å². The molecule has 3 aromatic rings. The first-order chi connectivity index (χ1) is 16.0. The Morgan fingerprint density at radius 2 is 1.65 bits per heavy atom. The van der Waals surface area contributed by atoms with E-state index in [0.717, 1.165) is 28.6 Å². The van der Waals surface area contributed by atoms with E-state index in [1.807, 2.05) is 0 Å². The highest BCUT2D eigenvalue weighted by molar-refractivity contribution is 7.92. The van der Waals surface area contributed by atoms with Gasteiger partial charge in [0.05, 0.1) is 22.3 Å². The molecule has 3 rings (SSSR count). The molecule has 0 aliphatic carbocycles. The molecular weight excluding hydrogens is 489 g/mol. The number of nitrogens with zero attached hydrogens (tertiary/aromatic N) is 2. The Bertz CT molecular complexity index is 1320. The van der Waals surface area contributed by atoms with Gasteiger partial charge in [0, 0.05) is 11.1 Å². The third kappa shape index (κ3) is 5.53. The molecule has 0 fully saturated rings. The van der Waals surface area contributed by atoms with Crippen molar-refractivity contribution in [1.29, 1.82) is 0 Å². The average Bonchev–Trinajstić information content (AvgIpc) is 2.80. The van der Waals surface area contributed by atoms with Crippen LogP contribution >= 0.6 is 11.6 Å². The number of hydrogen-bond donors (Lipinski definition) is 1. The Morgan fingerprint density at radius 3 is 2.29 bits per heavy atom. The van der Waals surface area contributed by atoms with Crippen LogP contribution in [0.2, 0.25) is 5.02 Å². The van der Waals surface area contributed by atoms with Gasteiger partial charge in [-0.3, -0.25) is 4.31 Å². The maximum Gasteiger partial charge on any atom is 0.264 e. The lowest BCUT2D eigenvalue weighted by molar-refractivity contribution is 0.317. The Kier molecular flexibility index (Phi) is 7.89. The molecular formula is C24H22ClF3N2O3S. The van der Waals surface area contributed by atoms with Crippen molar-refractivity contribution in [2.75, 3.05) is 4.31 Å². The summed E-state index contributed by atoms with van der Waals surface area (Å²) in [5.41, 5.74) is 0.715. The molecule has 1 N–H and O–H groups in total. The van der Waals surface area contributed by atoms with Gasteiger partial charge in [0.25, 0.3) is 10.0 Å². The molecule has 0 spiro atoms. The summed E-state index contributed by atoms with van der Waals surface area (Å²) in [6.45, 7) is 3.09. The minimum Gasteiger partial charge on any atom is -0.411 e. The largest absolute Gasteiger partial charge is 0.411 e. The van der Waals surface area contributed by atoms with E-state index in [4.69, 9.17) is 16.8 Å². The second-order valence-corrected chi connectivity index (χ2v) is 9.96. The van der Waals surface area contributed by atoms with E-state index in [1.54, 1.807) is 6.92 Å². The van der Waals surface area contributed by atoms with E-state index < -0.39 is 39.2 Å². The van der Waals surface area contributed by atoms with Crippen LogP contribution in [0, 0.1) is 17.5 Å². The predicted molar refractivity (Wildman–Crippen MR) is 126 cm³/mol. The highest BCUT2D eigenvalue weighted by atomic mass is 35.5. The first-order valence-electron chi connectivity index (χ1n) is 10.3. The standard InChI is InChI=1S/C24H22ClF3N2O3S/c1-15(29-31)3-4-17-13-19(26)7-11-22(17)16(2)30(24-14-20(27)8-12-23(24)28)34(32,33)21-9-5-18(25)6-10-21/h5-14,16,31H,3-4H2,1-2H3/b29-15+/t16-/m1/s1. The van der Waals surface area contributed by atoms with Crippen molar-refractivity contribution >= 4 is 33.0 Å². The third-order valence-corrected chi connectivity index (χ3v) is 7.50. The molecule has 0 heterocycles. The van der Waals surface area contributed by atoms with Crippen molar-refractivity contribution in [3.8, 4) is 0 Å². The maximum atomic E-state index is 14.9. The maximum absolute atomic E-state index is 14.9. The number of sulfonamides is 1. The fourth-order valence-corrected chi connectivity index (χ4v) is 5.37. The number of aryl methyl sites for hydroxylation is 1. The summed E-state index contributed by atoms with van der Waals surface area (Å²) in [5, 5.41) is 12.3. The lowest BCUT2D eigenvalue weighted by Crippen LogP contribution is -2.35. The molecule has 34 heavy (non-hydrogen) atoms. The highest BCUT2D eigenvalue weighted by Crippen LogP contribution is 2.37. The third-order valence-electron chi connectivity index (χ3n) is 5.35. The minimum absolute atomic E-state index is 0.181. The molecule has 0 saturated carbocycles. The molecule has 0 bridgehead atoms. The van der Waals surface area contributed by atoms with E-state index in [1.165, 1.54) is 43.3 Å². The fourth-order valence-electron chi connectivity index (χ4n) is 3.61. The quantitative estimate of drug-likeness (QED) is 0.214. The molecule has 0 aliphatic heterocycles. The van der Waals surface area contributed by atoms with Crippen molar-refractivity contribution in [2.24, 2.45) is 5.16 Å². The normalized spacial score (nSPS) is 13.1. The lowest BCUT2D eigenvalue weighted by atomic mass is 9.96. The number of rotatable bonds is 8. The lowest BCUT2D eigenvalue weighted by Gasteiger charge is -2.32. The van der Waals surface area contributed by atoms with Crippen molar-refractivity contribution in [1.82, 2.24) is 0 Å². The fraction of sp³-hybridized carbons (Fsp3) is 0.208. The summed E-state index contributed by atoms with van der Waals surface area (Å²) >= 11 is 5.89. The zero-order valence-corrected chi connectivity index (χ0v) is 19.9. The number of benzene rings is 3. The molecule has 180 valence electrons. The van der Waals surface area contributed by atoms with Crippen LogP contribution in [0.3, 0.4) is 0 Å². The van der Waals surface area contributed by atoms with E-state index >= 15 is 0 Å². The van der Waals surface area contributed by atoms with Crippen LogP contribution in [0.5, 0.6) is 0 Å². The van der Waals surface area contributed by atoms with Crippen LogP contribution in [-0.2, 0) is 16.4 Å². The van der Waals surface area contributed by atoms with Crippen molar-refractivity contribution < 1.29 is 26.8 Å². The number of anilines is 1. The van der Waals surface area contributed by atoms with Gasteiger partial charge in [0.1, 0.15) is 17.5 Å². The van der Waals surface area contributed by atoms with Gasteiger partial charge in [-0.05, 0) is 86.3 Å². The first-order valence-corrected chi connectivity index (χ1v) is 12.1. The van der Waals surface area contributed by atoms with Gasteiger partial charge in [-0.2, -0.15) is 0 Å². The summed E-state index contributed by atoms with van der Waals surface area (Å²) in [6, 6.07) is 10.6. The second kappa shape index (κ2) is 10.5. The number of hydrogen-bond acceptors (Lipinski definition) is 4. The van der Waals surface area contributed by atoms with Gasteiger partial charge < -0.3 is 5.21 Å². The molecule has 0 aliphatic rings. The molecule has 0 amide bonds. The van der Waals surface area contributed by atoms with Gasteiger partial charge in [-0.1, -0.05) is 22.8 Å². The van der Waals surface area contributed by atoms with Crippen molar-refractivity contribution in [3.05, 3.63) is 94.3 Å². The molecule has 10 heteroatoms. The predicted octanol–water partition coefficient (Wildman–Crippen LogP) is 6.50. The summed E-state index contributed by atoms with van der Waals surface area (Å²) in [5.74, 6) is -2.32. The summed E-state index contributed by atoms with van der Waals surface area (Å²) in [4.78, 5) is -0.181. The zero-order chi connectivity index (χ0) is 25.0. The van der Waals surface area contributed by atoms with Crippen molar-refractivity contribution in [3.63, 3.8) is 0 Å². The van der Waals surface area contributed by atoms with E-state index in [-0.39, 0.29) is 17.7 Å². The molecule has 5 nitrogen and oxygen atoms in total. The Balaban J connectivity index is 2.20. The Morgan fingerprint density at radius 1 is 1.03 bits per heavy atom. The first kappa shape index (κ1) is 25.6. The van der Waals surface area contributed by atoms with Crippen molar-refractivity contribution in [2.45, 2.75) is 37.6 Å². The van der Waals surface area contributed by atoms with Gasteiger partial charge in [-0.15, -0.1) is 0 Å². The summed E-state index contributed by atoms with van der Waals surface area (Å²) < 4.78 is 71.2. The van der Waals surface area contributed by atoms with E-state index in [0.29, 0.717) is 21.9 Å². The van der Waals surface area contributed by atoms with Gasteiger partial charge >= 0.3 is 0 Å².